The van der Waals surface area contributed by atoms with E-state index in [1.165, 1.54) is 5.56 Å². The number of nitrogens with two attached hydrogens (primary N) is 1. The Morgan fingerprint density at radius 3 is 2.70 bits per heavy atom. The number of rotatable bonds is 1. The summed E-state index contributed by atoms with van der Waals surface area (Å²) in [6, 6.07) is 19.0. The molecule has 1 aromatic heterocycles. The Kier molecular flexibility index (Phi) is 3.04. The zero-order chi connectivity index (χ0) is 16.0. The van der Waals surface area contributed by atoms with E-state index in [2.05, 4.69) is 47.9 Å². The minimum absolute atomic E-state index is 0.377. The van der Waals surface area contributed by atoms with Gasteiger partial charge in [-0.15, -0.1) is 0 Å². The Morgan fingerprint density at radius 2 is 1.96 bits per heavy atom. The molecule has 0 amide bonds. The molecule has 2 heterocycles. The summed E-state index contributed by atoms with van der Waals surface area (Å²) in [5, 5.41) is 10.7. The normalized spacial score (nSPS) is 20.2. The lowest BCUT2D eigenvalue weighted by molar-refractivity contribution is 0.315. The van der Waals surface area contributed by atoms with E-state index in [0.29, 0.717) is 6.54 Å². The van der Waals surface area contributed by atoms with Crippen LogP contribution in [0.1, 0.15) is 28.8 Å². The third-order valence-corrected chi connectivity index (χ3v) is 5.04. The number of hydrogen-bond donors (Lipinski definition) is 1. The van der Waals surface area contributed by atoms with Crippen LogP contribution in [-0.2, 0) is 18.5 Å². The Morgan fingerprint density at radius 1 is 1.17 bits per heavy atom. The molecule has 3 nitrogen and oxygen atoms in total. The molecule has 0 aliphatic carbocycles. The van der Waals surface area contributed by atoms with Gasteiger partial charge in [0, 0.05) is 23.1 Å². The average molecular weight is 301 g/mol. The van der Waals surface area contributed by atoms with Gasteiger partial charge in [0.2, 0.25) is 0 Å². The molecule has 0 radical (unpaired) electrons. The summed E-state index contributed by atoms with van der Waals surface area (Å²) in [7, 11) is 0. The Balaban J connectivity index is 1.90. The maximum atomic E-state index is 9.62. The van der Waals surface area contributed by atoms with Crippen LogP contribution in [0.2, 0.25) is 0 Å². The highest BCUT2D eigenvalue weighted by molar-refractivity contribution is 5.89. The van der Waals surface area contributed by atoms with Gasteiger partial charge in [-0.2, -0.15) is 5.26 Å². The van der Waals surface area contributed by atoms with Crippen molar-refractivity contribution in [2.24, 2.45) is 5.73 Å². The molecule has 3 heteroatoms. The number of aromatic nitrogens is 1. The zero-order valence-electron chi connectivity index (χ0n) is 13.2. The van der Waals surface area contributed by atoms with Crippen molar-refractivity contribution in [2.75, 3.05) is 0 Å². The fourth-order valence-corrected chi connectivity index (χ4v) is 3.79. The van der Waals surface area contributed by atoms with Gasteiger partial charge in [-0.1, -0.05) is 42.0 Å². The summed E-state index contributed by atoms with van der Waals surface area (Å²) in [5.41, 5.74) is 11.8. The monoisotopic (exact) mass is 301 g/mol. The van der Waals surface area contributed by atoms with Gasteiger partial charge in [-0.25, -0.2) is 0 Å². The van der Waals surface area contributed by atoms with Crippen LogP contribution in [0.3, 0.4) is 0 Å². The van der Waals surface area contributed by atoms with E-state index < -0.39 is 0 Å². The van der Waals surface area contributed by atoms with Crippen LogP contribution in [0.15, 0.2) is 48.5 Å². The molecule has 23 heavy (non-hydrogen) atoms. The van der Waals surface area contributed by atoms with Crippen LogP contribution in [0.4, 0.5) is 0 Å². The second-order valence-electron chi connectivity index (χ2n) is 6.56. The number of hydrogen-bond acceptors (Lipinski definition) is 2. The second-order valence-corrected chi connectivity index (χ2v) is 6.56. The molecule has 0 saturated heterocycles. The van der Waals surface area contributed by atoms with Crippen molar-refractivity contribution < 1.29 is 0 Å². The molecule has 114 valence electrons. The number of fused-ring (bicyclic) bond motifs is 3. The minimum atomic E-state index is -0.377. The van der Waals surface area contributed by atoms with E-state index in [1.807, 2.05) is 18.2 Å². The third kappa shape index (κ3) is 2.07. The van der Waals surface area contributed by atoms with Crippen LogP contribution >= 0.6 is 0 Å². The number of benzene rings is 2. The molecular weight excluding hydrogens is 282 g/mol. The largest absolute Gasteiger partial charge is 0.341 e. The molecule has 1 aliphatic heterocycles. The zero-order valence-corrected chi connectivity index (χ0v) is 13.2. The number of nitriles is 1. The summed E-state index contributed by atoms with van der Waals surface area (Å²) < 4.78 is 2.25. The maximum Gasteiger partial charge on any atom is 0.102 e. The van der Waals surface area contributed by atoms with Gasteiger partial charge in [0.1, 0.15) is 6.07 Å². The SMILES string of the molecule is Cc1ccc2c(c1)c(C#N)c1n2CC(N)(c2ccccc2)CC1. The molecule has 0 bridgehead atoms. The van der Waals surface area contributed by atoms with Crippen molar-refractivity contribution in [1.82, 2.24) is 4.57 Å². The molecule has 3 aromatic rings. The number of aryl methyl sites for hydroxylation is 1. The lowest BCUT2D eigenvalue weighted by atomic mass is 9.83. The van der Waals surface area contributed by atoms with Crippen molar-refractivity contribution in [3.63, 3.8) is 0 Å². The highest BCUT2D eigenvalue weighted by atomic mass is 15.0. The van der Waals surface area contributed by atoms with E-state index in [4.69, 9.17) is 5.73 Å². The lowest BCUT2D eigenvalue weighted by Gasteiger charge is -2.36. The topological polar surface area (TPSA) is 54.7 Å². The molecule has 2 aromatic carbocycles. The van der Waals surface area contributed by atoms with Crippen LogP contribution in [0.5, 0.6) is 0 Å². The first-order valence-corrected chi connectivity index (χ1v) is 7.99. The summed E-state index contributed by atoms with van der Waals surface area (Å²) >= 11 is 0. The molecule has 1 unspecified atom stereocenters. The first-order valence-electron chi connectivity index (χ1n) is 7.99. The molecular formula is C20H19N3. The lowest BCUT2D eigenvalue weighted by Crippen LogP contribution is -2.44. The van der Waals surface area contributed by atoms with Crippen molar-refractivity contribution in [3.05, 3.63) is 70.9 Å². The van der Waals surface area contributed by atoms with E-state index in [1.54, 1.807) is 0 Å². The quantitative estimate of drug-likeness (QED) is 0.746. The predicted octanol–water partition coefficient (Wildman–Crippen LogP) is 3.62. The van der Waals surface area contributed by atoms with Crippen LogP contribution in [-0.4, -0.2) is 4.57 Å². The van der Waals surface area contributed by atoms with E-state index in [9.17, 15) is 5.26 Å². The first-order chi connectivity index (χ1) is 11.1. The van der Waals surface area contributed by atoms with Crippen LogP contribution < -0.4 is 5.73 Å². The standard InChI is InChI=1S/C20H19N3/c1-14-7-8-18-16(11-14)17(12-21)19-9-10-20(22,13-23(18)19)15-5-3-2-4-6-15/h2-8,11H,9-10,13,22H2,1H3. The van der Waals surface area contributed by atoms with Crippen LogP contribution in [0, 0.1) is 18.3 Å². The van der Waals surface area contributed by atoms with Crippen molar-refractivity contribution in [1.29, 1.82) is 5.26 Å². The summed E-state index contributed by atoms with van der Waals surface area (Å²) in [6.45, 7) is 2.78. The maximum absolute atomic E-state index is 9.62. The van der Waals surface area contributed by atoms with Crippen molar-refractivity contribution in [3.8, 4) is 6.07 Å². The summed E-state index contributed by atoms with van der Waals surface area (Å²) in [6.07, 6.45) is 1.70. The summed E-state index contributed by atoms with van der Waals surface area (Å²) in [5.74, 6) is 0. The van der Waals surface area contributed by atoms with Gasteiger partial charge >= 0.3 is 0 Å². The molecule has 0 fully saturated rings. The van der Waals surface area contributed by atoms with Crippen molar-refractivity contribution >= 4 is 10.9 Å². The van der Waals surface area contributed by atoms with Gasteiger partial charge in [0.05, 0.1) is 11.1 Å². The number of nitrogens with zero attached hydrogens (tertiary/aromatic N) is 2. The van der Waals surface area contributed by atoms with Gasteiger partial charge in [-0.3, -0.25) is 0 Å². The van der Waals surface area contributed by atoms with Gasteiger partial charge < -0.3 is 10.3 Å². The predicted molar refractivity (Wildman–Crippen MR) is 92.0 cm³/mol. The highest BCUT2D eigenvalue weighted by Gasteiger charge is 2.34. The van der Waals surface area contributed by atoms with E-state index >= 15 is 0 Å². The van der Waals surface area contributed by atoms with Gasteiger partial charge in [0.15, 0.2) is 0 Å². The summed E-state index contributed by atoms with van der Waals surface area (Å²) in [4.78, 5) is 0. The smallest absolute Gasteiger partial charge is 0.102 e. The second kappa shape index (κ2) is 4.97. The highest BCUT2D eigenvalue weighted by Crippen LogP contribution is 2.37. The van der Waals surface area contributed by atoms with E-state index in [0.717, 1.165) is 40.6 Å². The molecule has 0 saturated carbocycles. The first kappa shape index (κ1) is 14.0. The molecule has 1 atom stereocenters. The van der Waals surface area contributed by atoms with Gasteiger partial charge in [-0.05, 0) is 37.5 Å². The molecule has 0 spiro atoms. The Hall–Kier alpha value is -2.57. The minimum Gasteiger partial charge on any atom is -0.341 e. The molecule has 4 rings (SSSR count). The van der Waals surface area contributed by atoms with Crippen molar-refractivity contribution in [2.45, 2.75) is 31.8 Å². The molecule has 1 aliphatic rings. The fourth-order valence-electron chi connectivity index (χ4n) is 3.79. The fraction of sp³-hybridized carbons (Fsp3) is 0.250. The van der Waals surface area contributed by atoms with Gasteiger partial charge in [0.25, 0.3) is 0 Å². The average Bonchev–Trinajstić information content (AvgIpc) is 2.87. The van der Waals surface area contributed by atoms with E-state index in [-0.39, 0.29) is 5.54 Å². The molecule has 2 N–H and O–H groups in total. The third-order valence-electron chi connectivity index (χ3n) is 5.04. The Bertz CT molecular complexity index is 931. The Labute approximate surface area is 136 Å². The van der Waals surface area contributed by atoms with Crippen LogP contribution in [0.25, 0.3) is 10.9 Å².